The fraction of sp³-hybridized carbons (Fsp3) is 0.421. The van der Waals surface area contributed by atoms with Crippen molar-refractivity contribution in [2.75, 3.05) is 31.1 Å². The highest BCUT2D eigenvalue weighted by molar-refractivity contribution is 5.54. The molecule has 1 aromatic heterocycles. The monoisotopic (exact) mass is 311 g/mol. The molecule has 0 spiro atoms. The van der Waals surface area contributed by atoms with Crippen molar-refractivity contribution >= 4 is 5.69 Å². The summed E-state index contributed by atoms with van der Waals surface area (Å²) in [7, 11) is 0. The van der Waals surface area contributed by atoms with Crippen LogP contribution in [0, 0.1) is 0 Å². The number of pyridine rings is 1. The van der Waals surface area contributed by atoms with E-state index in [1.165, 1.54) is 16.8 Å². The third-order valence-electron chi connectivity index (χ3n) is 4.20. The second-order valence-electron chi connectivity index (χ2n) is 6.04. The van der Waals surface area contributed by atoms with E-state index in [0.29, 0.717) is 6.10 Å². The van der Waals surface area contributed by atoms with E-state index in [0.717, 1.165) is 39.2 Å². The Kier molecular flexibility index (Phi) is 5.61. The molecule has 0 radical (unpaired) electrons. The topological polar surface area (TPSA) is 37.4 Å². The Balaban J connectivity index is 1.55. The van der Waals surface area contributed by atoms with Crippen molar-refractivity contribution in [3.05, 3.63) is 59.9 Å². The molecule has 1 aromatic carbocycles. The van der Waals surface area contributed by atoms with Crippen LogP contribution in [-0.4, -0.2) is 37.3 Å². The first-order valence-electron chi connectivity index (χ1n) is 8.37. The quantitative estimate of drug-likeness (QED) is 0.832. The Hall–Kier alpha value is -1.91. The maximum atomic E-state index is 5.65. The van der Waals surface area contributed by atoms with Crippen LogP contribution in [0.25, 0.3) is 0 Å². The Morgan fingerprint density at radius 3 is 3.00 bits per heavy atom. The van der Waals surface area contributed by atoms with Crippen molar-refractivity contribution in [3.8, 4) is 0 Å². The summed E-state index contributed by atoms with van der Waals surface area (Å²) in [5.74, 6) is 0. The van der Waals surface area contributed by atoms with Gasteiger partial charge in [0.2, 0.25) is 0 Å². The van der Waals surface area contributed by atoms with Crippen molar-refractivity contribution < 1.29 is 4.74 Å². The van der Waals surface area contributed by atoms with Crippen molar-refractivity contribution in [2.24, 2.45) is 0 Å². The van der Waals surface area contributed by atoms with E-state index in [4.69, 9.17) is 4.74 Å². The highest BCUT2D eigenvalue weighted by Gasteiger charge is 2.18. The van der Waals surface area contributed by atoms with Gasteiger partial charge in [0, 0.05) is 37.7 Å². The van der Waals surface area contributed by atoms with Gasteiger partial charge in [0.05, 0.1) is 12.7 Å². The number of ether oxygens (including phenoxy) is 1. The van der Waals surface area contributed by atoms with Gasteiger partial charge in [-0.2, -0.15) is 0 Å². The molecule has 1 saturated heterocycles. The fourth-order valence-electron chi connectivity index (χ4n) is 3.01. The van der Waals surface area contributed by atoms with Crippen LogP contribution in [0.2, 0.25) is 0 Å². The van der Waals surface area contributed by atoms with Gasteiger partial charge in [-0.05, 0) is 43.1 Å². The Morgan fingerprint density at radius 2 is 2.17 bits per heavy atom. The van der Waals surface area contributed by atoms with E-state index in [-0.39, 0.29) is 0 Å². The summed E-state index contributed by atoms with van der Waals surface area (Å²) in [5.41, 5.74) is 3.96. The first kappa shape index (κ1) is 16.0. The largest absolute Gasteiger partial charge is 0.375 e. The molecule has 4 heteroatoms. The number of para-hydroxylation sites is 1. The number of nitrogens with zero attached hydrogens (tertiary/aromatic N) is 2. The van der Waals surface area contributed by atoms with Gasteiger partial charge in [-0.1, -0.05) is 24.3 Å². The number of anilines is 1. The fourth-order valence-corrected chi connectivity index (χ4v) is 3.01. The first-order chi connectivity index (χ1) is 11.3. The maximum absolute atomic E-state index is 5.65. The minimum Gasteiger partial charge on any atom is -0.375 e. The molecule has 3 rings (SSSR count). The lowest BCUT2D eigenvalue weighted by atomic mass is 10.1. The van der Waals surface area contributed by atoms with Crippen LogP contribution in [0.5, 0.6) is 0 Å². The maximum Gasteiger partial charge on any atom is 0.0722 e. The summed E-state index contributed by atoms with van der Waals surface area (Å²) in [6, 6.07) is 12.8. The Bertz CT molecular complexity index is 603. The predicted molar refractivity (Wildman–Crippen MR) is 93.7 cm³/mol. The van der Waals surface area contributed by atoms with E-state index in [1.807, 2.05) is 18.5 Å². The van der Waals surface area contributed by atoms with Gasteiger partial charge in [0.1, 0.15) is 0 Å². The van der Waals surface area contributed by atoms with E-state index in [2.05, 4.69) is 52.5 Å². The van der Waals surface area contributed by atoms with Gasteiger partial charge in [-0.3, -0.25) is 4.98 Å². The summed E-state index contributed by atoms with van der Waals surface area (Å²) in [6.07, 6.45) is 5.06. The van der Waals surface area contributed by atoms with E-state index in [1.54, 1.807) is 0 Å². The SMILES string of the molecule is CC1CN(c2ccccc2CNCCc2cccnc2)CCO1. The Morgan fingerprint density at radius 1 is 1.26 bits per heavy atom. The van der Waals surface area contributed by atoms with Crippen LogP contribution < -0.4 is 10.2 Å². The molecule has 0 saturated carbocycles. The Labute approximate surface area is 138 Å². The van der Waals surface area contributed by atoms with Gasteiger partial charge >= 0.3 is 0 Å². The van der Waals surface area contributed by atoms with Crippen LogP contribution in [0.1, 0.15) is 18.1 Å². The third-order valence-corrected chi connectivity index (χ3v) is 4.20. The van der Waals surface area contributed by atoms with Gasteiger partial charge < -0.3 is 15.0 Å². The number of nitrogens with one attached hydrogen (secondary N) is 1. The van der Waals surface area contributed by atoms with Gasteiger partial charge in [0.15, 0.2) is 0 Å². The zero-order chi connectivity index (χ0) is 15.9. The minimum absolute atomic E-state index is 0.301. The molecule has 1 unspecified atom stereocenters. The number of aromatic nitrogens is 1. The molecule has 1 aliphatic rings. The lowest BCUT2D eigenvalue weighted by Crippen LogP contribution is -2.41. The van der Waals surface area contributed by atoms with E-state index in [9.17, 15) is 0 Å². The van der Waals surface area contributed by atoms with Crippen LogP contribution >= 0.6 is 0 Å². The predicted octanol–water partition coefficient (Wildman–Crippen LogP) is 2.64. The molecule has 23 heavy (non-hydrogen) atoms. The molecule has 0 aliphatic carbocycles. The molecule has 0 bridgehead atoms. The molecule has 1 aliphatic heterocycles. The van der Waals surface area contributed by atoms with Crippen molar-refractivity contribution in [1.82, 2.24) is 10.3 Å². The second-order valence-corrected chi connectivity index (χ2v) is 6.04. The van der Waals surface area contributed by atoms with Crippen LogP contribution in [0.4, 0.5) is 5.69 Å². The molecule has 1 atom stereocenters. The molecule has 0 amide bonds. The average Bonchev–Trinajstić information content (AvgIpc) is 2.60. The standard InChI is InChI=1S/C19H25N3O/c1-16-15-22(11-12-23-16)19-7-3-2-6-18(19)14-21-10-8-17-5-4-9-20-13-17/h2-7,9,13,16,21H,8,10-12,14-15H2,1H3. The van der Waals surface area contributed by atoms with Crippen LogP contribution in [0.15, 0.2) is 48.8 Å². The lowest BCUT2D eigenvalue weighted by molar-refractivity contribution is 0.0531. The first-order valence-corrected chi connectivity index (χ1v) is 8.37. The van der Waals surface area contributed by atoms with Crippen molar-refractivity contribution in [2.45, 2.75) is 26.0 Å². The van der Waals surface area contributed by atoms with Crippen LogP contribution in [-0.2, 0) is 17.7 Å². The smallest absolute Gasteiger partial charge is 0.0722 e. The zero-order valence-electron chi connectivity index (χ0n) is 13.7. The molecule has 4 nitrogen and oxygen atoms in total. The molecular formula is C19H25N3O. The summed E-state index contributed by atoms with van der Waals surface area (Å²) in [6.45, 7) is 6.73. The average molecular weight is 311 g/mol. The normalized spacial score (nSPS) is 18.1. The van der Waals surface area contributed by atoms with Gasteiger partial charge in [-0.25, -0.2) is 0 Å². The lowest BCUT2D eigenvalue weighted by Gasteiger charge is -2.34. The van der Waals surface area contributed by atoms with Crippen molar-refractivity contribution in [1.29, 1.82) is 0 Å². The minimum atomic E-state index is 0.301. The summed E-state index contributed by atoms with van der Waals surface area (Å²) in [5, 5.41) is 3.56. The van der Waals surface area contributed by atoms with E-state index >= 15 is 0 Å². The number of hydrogen-bond donors (Lipinski definition) is 1. The molecule has 1 fully saturated rings. The second kappa shape index (κ2) is 8.09. The molecule has 2 aromatic rings. The molecular weight excluding hydrogens is 286 g/mol. The highest BCUT2D eigenvalue weighted by atomic mass is 16.5. The zero-order valence-corrected chi connectivity index (χ0v) is 13.7. The number of rotatable bonds is 6. The van der Waals surface area contributed by atoms with Gasteiger partial charge in [0.25, 0.3) is 0 Å². The summed E-state index contributed by atoms with van der Waals surface area (Å²) in [4.78, 5) is 6.59. The van der Waals surface area contributed by atoms with Gasteiger partial charge in [-0.15, -0.1) is 0 Å². The van der Waals surface area contributed by atoms with E-state index < -0.39 is 0 Å². The van der Waals surface area contributed by atoms with Crippen LogP contribution in [0.3, 0.4) is 0 Å². The molecule has 122 valence electrons. The number of benzene rings is 1. The number of morpholine rings is 1. The third kappa shape index (κ3) is 4.53. The molecule has 1 N–H and O–H groups in total. The number of hydrogen-bond acceptors (Lipinski definition) is 4. The summed E-state index contributed by atoms with van der Waals surface area (Å²) >= 11 is 0. The summed E-state index contributed by atoms with van der Waals surface area (Å²) < 4.78 is 5.65. The van der Waals surface area contributed by atoms with Crippen molar-refractivity contribution in [3.63, 3.8) is 0 Å². The highest BCUT2D eigenvalue weighted by Crippen LogP contribution is 2.22. The molecule has 2 heterocycles.